The number of hydrogen-bond donors (Lipinski definition) is 0. The molecule has 30 heavy (non-hydrogen) atoms. The highest BCUT2D eigenvalue weighted by Crippen LogP contribution is 2.32. The highest BCUT2D eigenvalue weighted by molar-refractivity contribution is 8.18. The standard InChI is InChI=1S/C24H19N3O2S/c28-23-22(15-7-13-19-9-3-1-4-10-19)30-24(27(23)18-21-14-8-16-29-21)26-25-17-20-11-5-2-6-12-20/h1-17H,18H2/b13-7+,22-15-,25-17+,26-24+. The van der Waals surface area contributed by atoms with Crippen LogP contribution in [-0.2, 0) is 11.3 Å². The lowest BCUT2D eigenvalue weighted by Crippen LogP contribution is -2.28. The number of carbonyl (C=O) groups excluding carboxylic acids is 1. The van der Waals surface area contributed by atoms with Crippen LogP contribution in [0.4, 0.5) is 0 Å². The molecule has 3 aromatic rings. The van der Waals surface area contributed by atoms with E-state index in [0.29, 0.717) is 22.4 Å². The van der Waals surface area contributed by atoms with Crippen molar-refractivity contribution < 1.29 is 9.21 Å². The van der Waals surface area contributed by atoms with Crippen LogP contribution in [0.3, 0.4) is 0 Å². The molecule has 1 fully saturated rings. The number of hydrogen-bond acceptors (Lipinski definition) is 5. The summed E-state index contributed by atoms with van der Waals surface area (Å²) >= 11 is 1.30. The van der Waals surface area contributed by atoms with E-state index in [9.17, 15) is 4.79 Å². The molecule has 4 rings (SSSR count). The van der Waals surface area contributed by atoms with E-state index in [1.165, 1.54) is 11.8 Å². The lowest BCUT2D eigenvalue weighted by Gasteiger charge is -2.12. The Balaban J connectivity index is 1.55. The minimum absolute atomic E-state index is 0.122. The van der Waals surface area contributed by atoms with Crippen LogP contribution in [0.1, 0.15) is 16.9 Å². The smallest absolute Gasteiger partial charge is 0.267 e. The van der Waals surface area contributed by atoms with E-state index in [1.54, 1.807) is 29.5 Å². The first-order valence-electron chi connectivity index (χ1n) is 9.41. The van der Waals surface area contributed by atoms with E-state index >= 15 is 0 Å². The maximum absolute atomic E-state index is 12.9. The number of benzene rings is 2. The van der Waals surface area contributed by atoms with Crippen molar-refractivity contribution in [3.63, 3.8) is 0 Å². The third kappa shape index (κ3) is 5.04. The number of carbonyl (C=O) groups is 1. The van der Waals surface area contributed by atoms with Gasteiger partial charge in [-0.1, -0.05) is 72.8 Å². The highest BCUT2D eigenvalue weighted by atomic mass is 32.2. The van der Waals surface area contributed by atoms with Gasteiger partial charge in [0.05, 0.1) is 23.9 Å². The molecular weight excluding hydrogens is 394 g/mol. The average Bonchev–Trinajstić information content (AvgIpc) is 3.40. The van der Waals surface area contributed by atoms with E-state index in [1.807, 2.05) is 78.9 Å². The Hall–Kier alpha value is -3.64. The van der Waals surface area contributed by atoms with Crippen LogP contribution in [0.5, 0.6) is 0 Å². The molecule has 1 aliphatic rings. The van der Waals surface area contributed by atoms with Crippen LogP contribution >= 0.6 is 11.8 Å². The topological polar surface area (TPSA) is 58.2 Å². The van der Waals surface area contributed by atoms with Gasteiger partial charge in [-0.05, 0) is 41.1 Å². The van der Waals surface area contributed by atoms with Gasteiger partial charge in [0.2, 0.25) is 0 Å². The summed E-state index contributed by atoms with van der Waals surface area (Å²) < 4.78 is 5.41. The summed E-state index contributed by atoms with van der Waals surface area (Å²) in [5, 5.41) is 8.98. The van der Waals surface area contributed by atoms with Gasteiger partial charge in [-0.25, -0.2) is 0 Å². The Morgan fingerprint density at radius 3 is 2.37 bits per heavy atom. The minimum atomic E-state index is -0.122. The molecule has 1 aromatic heterocycles. The summed E-state index contributed by atoms with van der Waals surface area (Å²) in [5.74, 6) is 0.563. The molecular formula is C24H19N3O2S. The van der Waals surface area contributed by atoms with Gasteiger partial charge >= 0.3 is 0 Å². The van der Waals surface area contributed by atoms with Crippen LogP contribution in [0, 0.1) is 0 Å². The van der Waals surface area contributed by atoms with Crippen molar-refractivity contribution in [1.82, 2.24) is 4.90 Å². The molecule has 1 saturated heterocycles. The molecule has 6 heteroatoms. The largest absolute Gasteiger partial charge is 0.467 e. The van der Waals surface area contributed by atoms with E-state index in [0.717, 1.165) is 11.1 Å². The molecule has 0 radical (unpaired) electrons. The average molecular weight is 414 g/mol. The lowest BCUT2D eigenvalue weighted by atomic mass is 10.2. The van der Waals surface area contributed by atoms with Gasteiger partial charge in [0.1, 0.15) is 5.76 Å². The molecule has 0 spiro atoms. The summed E-state index contributed by atoms with van der Waals surface area (Å²) in [6, 6.07) is 23.3. The maximum Gasteiger partial charge on any atom is 0.267 e. The molecule has 1 aliphatic heterocycles. The van der Waals surface area contributed by atoms with E-state index in [2.05, 4.69) is 10.2 Å². The molecule has 1 amide bonds. The van der Waals surface area contributed by atoms with Gasteiger partial charge in [0.25, 0.3) is 5.91 Å². The molecule has 0 bridgehead atoms. The van der Waals surface area contributed by atoms with Gasteiger partial charge in [0, 0.05) is 0 Å². The highest BCUT2D eigenvalue weighted by Gasteiger charge is 2.33. The number of allylic oxidation sites excluding steroid dienone is 2. The number of amides is 1. The second-order valence-corrected chi connectivity index (χ2v) is 7.42. The van der Waals surface area contributed by atoms with Crippen molar-refractivity contribution in [2.24, 2.45) is 10.2 Å². The first-order valence-corrected chi connectivity index (χ1v) is 10.2. The predicted molar refractivity (Wildman–Crippen MR) is 122 cm³/mol. The van der Waals surface area contributed by atoms with Crippen molar-refractivity contribution >= 4 is 35.1 Å². The second-order valence-electron chi connectivity index (χ2n) is 6.41. The SMILES string of the molecule is O=C1/C(=C/C=C/c2ccccc2)S/C(=N/N=C/c2ccccc2)N1Cc1ccco1. The third-order valence-corrected chi connectivity index (χ3v) is 5.28. The molecule has 148 valence electrons. The fraction of sp³-hybridized carbons (Fsp3) is 0.0417. The summed E-state index contributed by atoms with van der Waals surface area (Å²) in [7, 11) is 0. The van der Waals surface area contributed by atoms with Crippen LogP contribution < -0.4 is 0 Å². The second kappa shape index (κ2) is 9.71. The fourth-order valence-electron chi connectivity index (χ4n) is 2.79. The molecule has 0 aliphatic carbocycles. The Morgan fingerprint density at radius 1 is 0.933 bits per heavy atom. The van der Waals surface area contributed by atoms with Gasteiger partial charge < -0.3 is 4.42 Å². The van der Waals surface area contributed by atoms with Crippen molar-refractivity contribution in [3.8, 4) is 0 Å². The zero-order valence-corrected chi connectivity index (χ0v) is 16.9. The van der Waals surface area contributed by atoms with E-state index in [4.69, 9.17) is 4.42 Å². The van der Waals surface area contributed by atoms with E-state index < -0.39 is 0 Å². The van der Waals surface area contributed by atoms with Crippen molar-refractivity contribution in [2.45, 2.75) is 6.54 Å². The first kappa shape index (κ1) is 19.7. The van der Waals surface area contributed by atoms with Gasteiger partial charge in [-0.2, -0.15) is 5.10 Å². The summed E-state index contributed by atoms with van der Waals surface area (Å²) in [6.07, 6.45) is 8.89. The van der Waals surface area contributed by atoms with Gasteiger partial charge in [-0.15, -0.1) is 5.10 Å². The number of nitrogens with zero attached hydrogens (tertiary/aromatic N) is 3. The lowest BCUT2D eigenvalue weighted by molar-refractivity contribution is -0.122. The van der Waals surface area contributed by atoms with E-state index in [-0.39, 0.29) is 5.91 Å². The number of rotatable bonds is 6. The predicted octanol–water partition coefficient (Wildman–Crippen LogP) is 5.34. The first-order chi connectivity index (χ1) is 14.8. The Kier molecular flexibility index (Phi) is 6.37. The molecule has 2 heterocycles. The molecule has 0 saturated carbocycles. The summed E-state index contributed by atoms with van der Waals surface area (Å²) in [5.41, 5.74) is 2.01. The summed E-state index contributed by atoms with van der Waals surface area (Å²) in [4.78, 5) is 15.1. The normalized spacial score (nSPS) is 17.2. The Labute approximate surface area is 179 Å². The zero-order chi connectivity index (χ0) is 20.6. The van der Waals surface area contributed by atoms with Gasteiger partial charge in [-0.3, -0.25) is 9.69 Å². The quantitative estimate of drug-likeness (QED) is 0.311. The molecule has 0 unspecified atom stereocenters. The number of furan rings is 1. The minimum Gasteiger partial charge on any atom is -0.467 e. The fourth-order valence-corrected chi connectivity index (χ4v) is 3.68. The molecule has 5 nitrogen and oxygen atoms in total. The van der Waals surface area contributed by atoms with Crippen LogP contribution in [0.2, 0.25) is 0 Å². The van der Waals surface area contributed by atoms with Crippen LogP contribution in [-0.4, -0.2) is 22.2 Å². The van der Waals surface area contributed by atoms with Crippen molar-refractivity contribution in [1.29, 1.82) is 0 Å². The maximum atomic E-state index is 12.9. The third-order valence-electron chi connectivity index (χ3n) is 4.27. The zero-order valence-electron chi connectivity index (χ0n) is 16.1. The molecule has 0 atom stereocenters. The van der Waals surface area contributed by atoms with Crippen molar-refractivity contribution in [3.05, 3.63) is 113 Å². The van der Waals surface area contributed by atoms with Crippen LogP contribution in [0.25, 0.3) is 6.08 Å². The summed E-state index contributed by atoms with van der Waals surface area (Å²) in [6.45, 7) is 0.304. The van der Waals surface area contributed by atoms with Crippen molar-refractivity contribution in [2.75, 3.05) is 0 Å². The van der Waals surface area contributed by atoms with Crippen LogP contribution in [0.15, 0.2) is 111 Å². The monoisotopic (exact) mass is 413 g/mol. The molecule has 2 aromatic carbocycles. The molecule has 0 N–H and O–H groups in total. The number of thioether (sulfide) groups is 1. The Morgan fingerprint density at radius 2 is 1.67 bits per heavy atom. The van der Waals surface area contributed by atoms with Gasteiger partial charge in [0.15, 0.2) is 5.17 Å². The Bertz CT molecular complexity index is 1100. The number of amidine groups is 1.